The first-order valence-electron chi connectivity index (χ1n) is 8.57. The standard InChI is InChI=1S/C19H24F2N4O2.HI/c1-4-22-19(24-11-14-6-8-17(26-3)23-10-14)25-12-15-9-13(2)5-7-16(15)27-18(20)21;/h5-10,18H,4,11-12H2,1-3H3,(H2,22,24,25);1H. The minimum Gasteiger partial charge on any atom is -0.481 e. The normalized spacial score (nSPS) is 11.0. The highest BCUT2D eigenvalue weighted by molar-refractivity contribution is 14.0. The number of rotatable bonds is 8. The van der Waals surface area contributed by atoms with Gasteiger partial charge in [0.15, 0.2) is 5.96 Å². The number of benzene rings is 1. The zero-order valence-electron chi connectivity index (χ0n) is 16.0. The molecule has 1 aromatic carbocycles. The first kappa shape index (κ1) is 23.9. The van der Waals surface area contributed by atoms with E-state index in [0.29, 0.717) is 37.0 Å². The molecule has 0 aliphatic carbocycles. The van der Waals surface area contributed by atoms with Crippen LogP contribution in [0, 0.1) is 6.92 Å². The van der Waals surface area contributed by atoms with Gasteiger partial charge in [-0.2, -0.15) is 8.78 Å². The Morgan fingerprint density at radius 1 is 1.21 bits per heavy atom. The number of methoxy groups -OCH3 is 1. The van der Waals surface area contributed by atoms with E-state index in [9.17, 15) is 8.78 Å². The molecule has 0 saturated carbocycles. The number of ether oxygens (including phenoxy) is 2. The van der Waals surface area contributed by atoms with Gasteiger partial charge in [-0.05, 0) is 25.5 Å². The van der Waals surface area contributed by atoms with Gasteiger partial charge < -0.3 is 20.1 Å². The number of guanidine groups is 1. The van der Waals surface area contributed by atoms with E-state index in [1.165, 1.54) is 0 Å². The van der Waals surface area contributed by atoms with Crippen molar-refractivity contribution >= 4 is 29.9 Å². The van der Waals surface area contributed by atoms with E-state index in [0.717, 1.165) is 11.1 Å². The Hall–Kier alpha value is -2.17. The third-order valence-corrected chi connectivity index (χ3v) is 3.65. The quantitative estimate of drug-likeness (QED) is 0.323. The number of hydrogen-bond donors (Lipinski definition) is 2. The molecular formula is C19H25F2IN4O2. The summed E-state index contributed by atoms with van der Waals surface area (Å²) < 4.78 is 34.8. The van der Waals surface area contributed by atoms with Crippen LogP contribution in [0.15, 0.2) is 41.5 Å². The maximum atomic E-state index is 12.6. The van der Waals surface area contributed by atoms with E-state index < -0.39 is 6.61 Å². The van der Waals surface area contributed by atoms with Crippen molar-refractivity contribution < 1.29 is 18.3 Å². The van der Waals surface area contributed by atoms with Crippen molar-refractivity contribution in [1.29, 1.82) is 0 Å². The van der Waals surface area contributed by atoms with E-state index in [4.69, 9.17) is 4.74 Å². The van der Waals surface area contributed by atoms with Crippen LogP contribution in [0.5, 0.6) is 11.6 Å². The minimum absolute atomic E-state index is 0. The molecular weight excluding hydrogens is 481 g/mol. The van der Waals surface area contributed by atoms with Crippen LogP contribution in [-0.4, -0.2) is 31.2 Å². The van der Waals surface area contributed by atoms with Crippen LogP contribution in [0.25, 0.3) is 0 Å². The molecule has 0 spiro atoms. The molecule has 0 fully saturated rings. The summed E-state index contributed by atoms with van der Waals surface area (Å²) in [4.78, 5) is 8.64. The lowest BCUT2D eigenvalue weighted by molar-refractivity contribution is -0.0504. The second-order valence-corrected chi connectivity index (χ2v) is 5.75. The molecule has 28 heavy (non-hydrogen) atoms. The van der Waals surface area contributed by atoms with Gasteiger partial charge in [0.1, 0.15) is 5.75 Å². The van der Waals surface area contributed by atoms with E-state index in [1.54, 1.807) is 31.5 Å². The largest absolute Gasteiger partial charge is 0.481 e. The number of aryl methyl sites for hydroxylation is 1. The van der Waals surface area contributed by atoms with Crippen LogP contribution in [0.3, 0.4) is 0 Å². The van der Waals surface area contributed by atoms with Gasteiger partial charge in [0.05, 0.1) is 13.7 Å². The number of nitrogens with zero attached hydrogens (tertiary/aromatic N) is 2. The second kappa shape index (κ2) is 12.3. The van der Waals surface area contributed by atoms with Gasteiger partial charge in [-0.1, -0.05) is 23.8 Å². The minimum atomic E-state index is -2.86. The molecule has 0 radical (unpaired) electrons. The Labute approximate surface area is 180 Å². The number of hydrogen-bond acceptors (Lipinski definition) is 4. The molecule has 2 N–H and O–H groups in total. The van der Waals surface area contributed by atoms with Crippen molar-refractivity contribution in [2.45, 2.75) is 33.5 Å². The molecule has 0 amide bonds. The summed E-state index contributed by atoms with van der Waals surface area (Å²) in [5.41, 5.74) is 2.51. The Morgan fingerprint density at radius 3 is 2.61 bits per heavy atom. The van der Waals surface area contributed by atoms with Crippen LogP contribution in [0.2, 0.25) is 0 Å². The molecule has 0 saturated heterocycles. The highest BCUT2D eigenvalue weighted by atomic mass is 127. The van der Waals surface area contributed by atoms with Gasteiger partial charge in [0, 0.05) is 30.9 Å². The molecule has 0 aliphatic heterocycles. The maximum Gasteiger partial charge on any atom is 0.387 e. The number of aromatic nitrogens is 1. The fourth-order valence-electron chi connectivity index (χ4n) is 2.37. The summed E-state index contributed by atoms with van der Waals surface area (Å²) in [6.45, 7) is 2.36. The fraction of sp³-hybridized carbons (Fsp3) is 0.368. The Morgan fingerprint density at radius 2 is 2.00 bits per heavy atom. The van der Waals surface area contributed by atoms with Crippen molar-refractivity contribution in [3.63, 3.8) is 0 Å². The molecule has 0 bridgehead atoms. The van der Waals surface area contributed by atoms with Crippen LogP contribution in [0.4, 0.5) is 8.78 Å². The highest BCUT2D eigenvalue weighted by Crippen LogP contribution is 2.22. The molecule has 0 atom stereocenters. The van der Waals surface area contributed by atoms with Gasteiger partial charge in [-0.3, -0.25) is 0 Å². The number of pyridine rings is 1. The zero-order chi connectivity index (χ0) is 19.6. The molecule has 9 heteroatoms. The average Bonchev–Trinajstić information content (AvgIpc) is 2.66. The summed E-state index contributed by atoms with van der Waals surface area (Å²) in [6.07, 6.45) is 1.70. The van der Waals surface area contributed by atoms with Crippen molar-refractivity contribution in [1.82, 2.24) is 15.6 Å². The first-order valence-corrected chi connectivity index (χ1v) is 8.57. The van der Waals surface area contributed by atoms with Gasteiger partial charge in [-0.15, -0.1) is 24.0 Å². The summed E-state index contributed by atoms with van der Waals surface area (Å²) >= 11 is 0. The van der Waals surface area contributed by atoms with Crippen LogP contribution in [-0.2, 0) is 13.1 Å². The third-order valence-electron chi connectivity index (χ3n) is 3.65. The van der Waals surface area contributed by atoms with E-state index >= 15 is 0 Å². The van der Waals surface area contributed by atoms with Crippen molar-refractivity contribution in [2.75, 3.05) is 13.7 Å². The molecule has 6 nitrogen and oxygen atoms in total. The maximum absolute atomic E-state index is 12.6. The van der Waals surface area contributed by atoms with Crippen LogP contribution >= 0.6 is 24.0 Å². The lowest BCUT2D eigenvalue weighted by Gasteiger charge is -2.15. The van der Waals surface area contributed by atoms with Gasteiger partial charge in [-0.25, -0.2) is 9.98 Å². The molecule has 0 unspecified atom stereocenters. The van der Waals surface area contributed by atoms with Crippen molar-refractivity contribution in [3.8, 4) is 11.6 Å². The lowest BCUT2D eigenvalue weighted by atomic mass is 10.1. The summed E-state index contributed by atoms with van der Waals surface area (Å²) in [5, 5.41) is 6.26. The summed E-state index contributed by atoms with van der Waals surface area (Å²) in [5.74, 6) is 1.26. The van der Waals surface area contributed by atoms with Gasteiger partial charge >= 0.3 is 6.61 Å². The molecule has 1 heterocycles. The van der Waals surface area contributed by atoms with Crippen LogP contribution < -0.4 is 20.1 Å². The predicted molar refractivity (Wildman–Crippen MR) is 116 cm³/mol. The third kappa shape index (κ3) is 7.83. The number of aliphatic imine (C=N–C) groups is 1. The second-order valence-electron chi connectivity index (χ2n) is 5.75. The number of alkyl halides is 2. The molecule has 1 aromatic heterocycles. The van der Waals surface area contributed by atoms with Gasteiger partial charge in [0.25, 0.3) is 0 Å². The molecule has 0 aliphatic rings. The van der Waals surface area contributed by atoms with E-state index in [-0.39, 0.29) is 29.7 Å². The topological polar surface area (TPSA) is 67.8 Å². The lowest BCUT2D eigenvalue weighted by Crippen LogP contribution is -2.36. The Kier molecular flexibility index (Phi) is 10.5. The molecule has 2 aromatic rings. The zero-order valence-corrected chi connectivity index (χ0v) is 18.4. The smallest absolute Gasteiger partial charge is 0.387 e. The fourth-order valence-corrected chi connectivity index (χ4v) is 2.37. The summed E-state index contributed by atoms with van der Waals surface area (Å²) in [7, 11) is 1.56. The highest BCUT2D eigenvalue weighted by Gasteiger charge is 2.10. The molecule has 2 rings (SSSR count). The number of halogens is 3. The SMILES string of the molecule is CCNC(=NCc1ccc(OC)nc1)NCc1cc(C)ccc1OC(F)F.I. The monoisotopic (exact) mass is 506 g/mol. The number of nitrogens with one attached hydrogen (secondary N) is 2. The summed E-state index contributed by atoms with van der Waals surface area (Å²) in [6, 6.07) is 8.74. The first-order chi connectivity index (χ1) is 13.0. The van der Waals surface area contributed by atoms with Gasteiger partial charge in [0.2, 0.25) is 5.88 Å². The predicted octanol–water partition coefficient (Wildman–Crippen LogP) is 3.87. The Balaban J connectivity index is 0.00000392. The van der Waals surface area contributed by atoms with Crippen LogP contribution in [0.1, 0.15) is 23.6 Å². The van der Waals surface area contributed by atoms with E-state index in [1.807, 2.05) is 26.0 Å². The van der Waals surface area contributed by atoms with Crippen molar-refractivity contribution in [3.05, 3.63) is 53.2 Å². The average molecular weight is 506 g/mol. The molecule has 154 valence electrons. The van der Waals surface area contributed by atoms with E-state index in [2.05, 4.69) is 25.3 Å². The Bertz CT molecular complexity index is 758. The van der Waals surface area contributed by atoms with Crippen molar-refractivity contribution in [2.24, 2.45) is 4.99 Å².